The number of hydrogen-bond acceptors (Lipinski definition) is 8. The van der Waals surface area contributed by atoms with Gasteiger partial charge in [0, 0.05) is 11.4 Å². The number of carbonyl (C=O) groups excluding carboxylic acids is 1. The molecule has 0 bridgehead atoms. The van der Waals surface area contributed by atoms with E-state index in [2.05, 4.69) is 10.5 Å². The van der Waals surface area contributed by atoms with Crippen LogP contribution in [0.4, 0.5) is 11.4 Å². The molecular weight excluding hydrogens is 448 g/mol. The molecule has 0 aliphatic carbocycles. The van der Waals surface area contributed by atoms with Crippen molar-refractivity contribution in [3.05, 3.63) is 47.5 Å². The minimum absolute atomic E-state index is 0.0315. The highest BCUT2D eigenvalue weighted by Gasteiger charge is 2.17. The van der Waals surface area contributed by atoms with Crippen molar-refractivity contribution in [2.45, 2.75) is 23.1 Å². The Morgan fingerprint density at radius 2 is 1.52 bits per heavy atom. The first-order valence-corrected chi connectivity index (χ1v) is 11.4. The number of hydrogen-bond donors (Lipinski definition) is 5. The van der Waals surface area contributed by atoms with Crippen molar-refractivity contribution in [3.63, 3.8) is 0 Å². The highest BCUT2D eigenvalue weighted by Crippen LogP contribution is 2.25. The third-order valence-electron chi connectivity index (χ3n) is 3.86. The lowest BCUT2D eigenvalue weighted by molar-refractivity contribution is -0.116. The zero-order valence-corrected chi connectivity index (χ0v) is 17.8. The number of benzene rings is 2. The first kappa shape index (κ1) is 24.0. The van der Waals surface area contributed by atoms with E-state index >= 15 is 0 Å². The van der Waals surface area contributed by atoms with E-state index in [0.29, 0.717) is 5.71 Å². The van der Waals surface area contributed by atoms with Gasteiger partial charge >= 0.3 is 0 Å². The molecule has 0 aliphatic rings. The van der Waals surface area contributed by atoms with Gasteiger partial charge in [-0.3, -0.25) is 19.3 Å². The van der Waals surface area contributed by atoms with Crippen molar-refractivity contribution < 1.29 is 30.7 Å². The minimum Gasteiger partial charge on any atom is -0.399 e. The summed E-state index contributed by atoms with van der Waals surface area (Å²) in [6.45, 7) is 1.54. The summed E-state index contributed by atoms with van der Waals surface area (Å²) in [6.07, 6.45) is 2.39. The maximum atomic E-state index is 11.8. The summed E-state index contributed by atoms with van der Waals surface area (Å²) in [5.74, 6) is -0.589. The van der Waals surface area contributed by atoms with Crippen LogP contribution in [0.15, 0.2) is 51.3 Å². The van der Waals surface area contributed by atoms with Gasteiger partial charge in [0.15, 0.2) is 0 Å². The highest BCUT2D eigenvalue weighted by atomic mass is 32.2. The van der Waals surface area contributed by atoms with Gasteiger partial charge in [-0.2, -0.15) is 21.9 Å². The fourth-order valence-corrected chi connectivity index (χ4v) is 3.94. The number of rotatable bonds is 8. The number of primary amides is 1. The molecule has 0 radical (unpaired) electrons. The summed E-state index contributed by atoms with van der Waals surface area (Å²) >= 11 is 0. The number of nitrogen functional groups attached to an aromatic ring is 1. The van der Waals surface area contributed by atoms with Crippen molar-refractivity contribution in [2.24, 2.45) is 10.8 Å². The highest BCUT2D eigenvalue weighted by molar-refractivity contribution is 7.86. The van der Waals surface area contributed by atoms with Gasteiger partial charge in [0.2, 0.25) is 5.91 Å². The Balaban J connectivity index is 2.46. The average Bonchev–Trinajstić information content (AvgIpc) is 2.63. The molecule has 0 saturated heterocycles. The molecule has 0 atom stereocenters. The quantitative estimate of drug-likeness (QED) is 0.125. The van der Waals surface area contributed by atoms with Crippen LogP contribution < -0.4 is 16.9 Å². The molecule has 2 aromatic carbocycles. The van der Waals surface area contributed by atoms with Crippen LogP contribution in [-0.2, 0) is 25.0 Å². The summed E-state index contributed by atoms with van der Waals surface area (Å²) in [6, 6.07) is 7.67. The fraction of sp³-hybridized carbons (Fsp3) is 0.111. The number of hydrazone groups is 1. The molecule has 13 heteroatoms. The molecule has 7 N–H and O–H groups in total. The SMILES string of the molecule is C/C(CC(N)=O)=N\Nc1ccc(/C=C/c2ccc(N)cc2S(=O)(=O)O)c(S(=O)(=O)O)c1. The summed E-state index contributed by atoms with van der Waals surface area (Å²) in [7, 11) is -9.25. The van der Waals surface area contributed by atoms with Crippen LogP contribution in [0.1, 0.15) is 24.5 Å². The van der Waals surface area contributed by atoms with Crippen LogP contribution in [0.3, 0.4) is 0 Å². The molecule has 2 aromatic rings. The average molecular weight is 469 g/mol. The van der Waals surface area contributed by atoms with Crippen molar-refractivity contribution in [2.75, 3.05) is 11.2 Å². The Hall–Kier alpha value is -3.26. The second-order valence-electron chi connectivity index (χ2n) is 6.44. The lowest BCUT2D eigenvalue weighted by Gasteiger charge is -2.08. The van der Waals surface area contributed by atoms with E-state index in [0.717, 1.165) is 12.1 Å². The number of nitrogens with two attached hydrogens (primary N) is 2. The van der Waals surface area contributed by atoms with Crippen LogP contribution in [0, 0.1) is 0 Å². The molecule has 0 spiro atoms. The smallest absolute Gasteiger partial charge is 0.295 e. The largest absolute Gasteiger partial charge is 0.399 e. The van der Waals surface area contributed by atoms with Gasteiger partial charge in [-0.1, -0.05) is 24.3 Å². The van der Waals surface area contributed by atoms with Crippen molar-refractivity contribution >= 4 is 55.4 Å². The van der Waals surface area contributed by atoms with Crippen LogP contribution in [0.2, 0.25) is 0 Å². The molecule has 0 aliphatic heterocycles. The van der Waals surface area contributed by atoms with Gasteiger partial charge in [0.1, 0.15) is 9.79 Å². The zero-order valence-electron chi connectivity index (χ0n) is 16.2. The Kier molecular flexibility index (Phi) is 7.17. The Morgan fingerprint density at radius 1 is 1.00 bits per heavy atom. The minimum atomic E-state index is -4.66. The molecule has 166 valence electrons. The van der Waals surface area contributed by atoms with Gasteiger partial charge in [-0.05, 0) is 42.3 Å². The Labute approximate surface area is 179 Å². The molecule has 0 unspecified atom stereocenters. The summed E-state index contributed by atoms with van der Waals surface area (Å²) < 4.78 is 65.7. The normalized spacial score (nSPS) is 12.8. The number of amides is 1. The molecule has 0 aromatic heterocycles. The predicted molar refractivity (Wildman–Crippen MR) is 116 cm³/mol. The van der Waals surface area contributed by atoms with E-state index in [4.69, 9.17) is 11.5 Å². The van der Waals surface area contributed by atoms with E-state index in [1.807, 2.05) is 0 Å². The second-order valence-corrected chi connectivity index (χ2v) is 9.22. The number of carbonyl (C=O) groups is 1. The third-order valence-corrected chi connectivity index (χ3v) is 5.67. The topological polar surface area (TPSA) is 202 Å². The number of nitrogens with zero attached hydrogens (tertiary/aromatic N) is 1. The van der Waals surface area contributed by atoms with E-state index in [9.17, 15) is 30.7 Å². The molecular formula is C18H20N4O7S2. The fourth-order valence-electron chi connectivity index (χ4n) is 2.51. The molecule has 0 fully saturated rings. The molecule has 11 nitrogen and oxygen atoms in total. The molecule has 1 amide bonds. The van der Waals surface area contributed by atoms with Crippen molar-refractivity contribution in [3.8, 4) is 0 Å². The number of anilines is 2. The predicted octanol–water partition coefficient (Wildman–Crippen LogP) is 1.60. The lowest BCUT2D eigenvalue weighted by atomic mass is 10.1. The zero-order chi connectivity index (χ0) is 23.4. The lowest BCUT2D eigenvalue weighted by Crippen LogP contribution is -2.15. The Morgan fingerprint density at radius 3 is 2.03 bits per heavy atom. The molecule has 31 heavy (non-hydrogen) atoms. The van der Waals surface area contributed by atoms with Crippen LogP contribution in [-0.4, -0.2) is 37.6 Å². The first-order chi connectivity index (χ1) is 14.3. The summed E-state index contributed by atoms with van der Waals surface area (Å²) in [5, 5.41) is 3.89. The van der Waals surface area contributed by atoms with Crippen LogP contribution >= 0.6 is 0 Å². The van der Waals surface area contributed by atoms with Crippen molar-refractivity contribution in [1.82, 2.24) is 0 Å². The summed E-state index contributed by atoms with van der Waals surface area (Å²) in [4.78, 5) is 9.93. The van der Waals surface area contributed by atoms with Crippen LogP contribution in [0.5, 0.6) is 0 Å². The maximum Gasteiger partial charge on any atom is 0.295 e. The number of nitrogens with one attached hydrogen (secondary N) is 1. The van der Waals surface area contributed by atoms with Crippen LogP contribution in [0.25, 0.3) is 12.2 Å². The van der Waals surface area contributed by atoms with Gasteiger partial charge in [0.25, 0.3) is 20.2 Å². The monoisotopic (exact) mass is 468 g/mol. The van der Waals surface area contributed by atoms with E-state index in [1.54, 1.807) is 0 Å². The molecule has 2 rings (SSSR count). The third kappa shape index (κ3) is 6.89. The van der Waals surface area contributed by atoms with Crippen molar-refractivity contribution in [1.29, 1.82) is 0 Å². The second kappa shape index (κ2) is 9.26. The van der Waals surface area contributed by atoms with E-state index in [-0.39, 0.29) is 28.9 Å². The summed E-state index contributed by atoms with van der Waals surface area (Å²) in [5.41, 5.74) is 13.9. The van der Waals surface area contributed by atoms with Gasteiger partial charge in [0.05, 0.1) is 12.1 Å². The maximum absolute atomic E-state index is 11.8. The first-order valence-electron chi connectivity index (χ1n) is 8.51. The standard InChI is InChI=1S/C18H20N4O7S2/c1-11(8-18(20)23)21-22-15-7-5-13(17(10-15)31(27,28)29)3-2-12-4-6-14(19)9-16(12)30(24,25)26/h2-7,9-10,22H,8,19H2,1H3,(H2,20,23)(H,24,25,26)(H,27,28,29)/b3-2+,21-11+. The van der Waals surface area contributed by atoms with Gasteiger partial charge < -0.3 is 11.5 Å². The molecule has 0 saturated carbocycles. The van der Waals surface area contributed by atoms with Gasteiger partial charge in [-0.15, -0.1) is 0 Å². The van der Waals surface area contributed by atoms with Gasteiger partial charge in [-0.25, -0.2) is 0 Å². The van der Waals surface area contributed by atoms with E-state index < -0.39 is 35.9 Å². The Bertz CT molecular complexity index is 1280. The molecule has 0 heterocycles. The van der Waals surface area contributed by atoms with E-state index in [1.165, 1.54) is 43.3 Å².